The first-order valence-corrected chi connectivity index (χ1v) is 7.35. The summed E-state index contributed by atoms with van der Waals surface area (Å²) in [6.45, 7) is 5.15. The lowest BCUT2D eigenvalue weighted by atomic mass is 10.00. The van der Waals surface area contributed by atoms with Crippen LogP contribution in [0.5, 0.6) is 0 Å². The molecule has 2 atom stereocenters. The predicted molar refractivity (Wildman–Crippen MR) is 77.2 cm³/mol. The summed E-state index contributed by atoms with van der Waals surface area (Å²) in [5.74, 6) is 0.0500. The Balaban J connectivity index is 2.11. The van der Waals surface area contributed by atoms with Crippen LogP contribution in [0.1, 0.15) is 32.6 Å². The minimum Gasteiger partial charge on any atom is -0.383 e. The summed E-state index contributed by atoms with van der Waals surface area (Å²) >= 11 is 0. The van der Waals surface area contributed by atoms with Crippen molar-refractivity contribution in [3.8, 4) is 0 Å². The van der Waals surface area contributed by atoms with Crippen LogP contribution in [0.4, 0.5) is 0 Å². The van der Waals surface area contributed by atoms with Crippen LogP contribution in [0.25, 0.3) is 0 Å². The van der Waals surface area contributed by atoms with Gasteiger partial charge in [-0.1, -0.05) is 6.42 Å². The number of amides is 1. The largest absolute Gasteiger partial charge is 0.383 e. The van der Waals surface area contributed by atoms with Gasteiger partial charge in [0.2, 0.25) is 5.91 Å². The van der Waals surface area contributed by atoms with Crippen molar-refractivity contribution in [1.82, 2.24) is 15.5 Å². The first-order chi connectivity index (χ1) is 9.15. The maximum atomic E-state index is 11.7. The van der Waals surface area contributed by atoms with Gasteiger partial charge in [-0.2, -0.15) is 0 Å². The molecule has 0 radical (unpaired) electrons. The van der Waals surface area contributed by atoms with E-state index in [1.807, 2.05) is 6.92 Å². The molecule has 0 aromatic rings. The van der Waals surface area contributed by atoms with Gasteiger partial charge in [0.05, 0.1) is 12.6 Å². The molecule has 1 rings (SSSR count). The third kappa shape index (κ3) is 6.36. The number of ether oxygens (including phenoxy) is 1. The Labute approximate surface area is 117 Å². The van der Waals surface area contributed by atoms with Gasteiger partial charge in [0, 0.05) is 19.7 Å². The smallest absolute Gasteiger partial charge is 0.236 e. The number of carbonyl (C=O) groups excluding carboxylic acids is 1. The van der Waals surface area contributed by atoms with E-state index in [-0.39, 0.29) is 11.9 Å². The maximum Gasteiger partial charge on any atom is 0.236 e. The average Bonchev–Trinajstić information content (AvgIpc) is 2.41. The molecule has 1 aliphatic rings. The Morgan fingerprint density at radius 1 is 1.42 bits per heavy atom. The first kappa shape index (κ1) is 16.4. The minimum atomic E-state index is -0.134. The van der Waals surface area contributed by atoms with Crippen LogP contribution in [-0.4, -0.2) is 63.3 Å². The predicted octanol–water partition coefficient (Wildman–Crippen LogP) is 0.602. The summed E-state index contributed by atoms with van der Waals surface area (Å²) in [4.78, 5) is 14.2. The highest BCUT2D eigenvalue weighted by atomic mass is 16.5. The third-order valence-corrected chi connectivity index (χ3v) is 3.85. The molecule has 0 aromatic carbocycles. The normalized spacial score (nSPS) is 22.2. The number of hydrogen-bond acceptors (Lipinski definition) is 4. The zero-order chi connectivity index (χ0) is 14.1. The second kappa shape index (κ2) is 9.28. The van der Waals surface area contributed by atoms with E-state index >= 15 is 0 Å². The van der Waals surface area contributed by atoms with E-state index in [0.29, 0.717) is 19.2 Å². The molecule has 112 valence electrons. The summed E-state index contributed by atoms with van der Waals surface area (Å²) in [5, 5.41) is 6.14. The molecule has 0 saturated carbocycles. The Hall–Kier alpha value is -0.650. The fraction of sp³-hybridized carbons (Fsp3) is 0.929. The number of likely N-dealkylation sites (tertiary alicyclic amines) is 1. The van der Waals surface area contributed by atoms with E-state index in [1.165, 1.54) is 25.8 Å². The van der Waals surface area contributed by atoms with E-state index < -0.39 is 0 Å². The second-order valence-corrected chi connectivity index (χ2v) is 5.38. The van der Waals surface area contributed by atoms with E-state index in [0.717, 1.165) is 13.0 Å². The fourth-order valence-corrected chi connectivity index (χ4v) is 2.50. The summed E-state index contributed by atoms with van der Waals surface area (Å²) < 4.78 is 4.90. The van der Waals surface area contributed by atoms with Gasteiger partial charge in [0.1, 0.15) is 0 Å². The maximum absolute atomic E-state index is 11.7. The Bertz CT molecular complexity index is 261. The van der Waals surface area contributed by atoms with Crippen molar-refractivity contribution < 1.29 is 9.53 Å². The number of nitrogens with one attached hydrogen (secondary N) is 2. The molecule has 0 aromatic heterocycles. The highest BCUT2D eigenvalue weighted by Crippen LogP contribution is 2.17. The Morgan fingerprint density at radius 2 is 2.21 bits per heavy atom. The van der Waals surface area contributed by atoms with E-state index in [2.05, 4.69) is 22.6 Å². The van der Waals surface area contributed by atoms with Crippen LogP contribution in [0, 0.1) is 0 Å². The van der Waals surface area contributed by atoms with Crippen LogP contribution < -0.4 is 10.6 Å². The SMILES string of the molecule is COCCNC(=O)C(C)NCCC1CCCCN1C. The molecule has 0 bridgehead atoms. The van der Waals surface area contributed by atoms with E-state index in [9.17, 15) is 4.79 Å². The quantitative estimate of drug-likeness (QED) is 0.635. The van der Waals surface area contributed by atoms with Gasteiger partial charge in [0.15, 0.2) is 0 Å². The standard InChI is InChI=1S/C14H29N3O2/c1-12(14(18)16-9-11-19-3)15-8-7-13-6-4-5-10-17(13)2/h12-13,15H,4-11H2,1-3H3,(H,16,18). The van der Waals surface area contributed by atoms with E-state index in [4.69, 9.17) is 4.74 Å². The first-order valence-electron chi connectivity index (χ1n) is 7.35. The fourth-order valence-electron chi connectivity index (χ4n) is 2.50. The third-order valence-electron chi connectivity index (χ3n) is 3.85. The van der Waals surface area contributed by atoms with Gasteiger partial charge >= 0.3 is 0 Å². The van der Waals surface area contributed by atoms with Crippen LogP contribution in [0.3, 0.4) is 0 Å². The molecule has 2 unspecified atom stereocenters. The molecule has 1 heterocycles. The van der Waals surface area contributed by atoms with Gasteiger partial charge in [-0.05, 0) is 46.3 Å². The van der Waals surface area contributed by atoms with Gasteiger partial charge in [-0.3, -0.25) is 4.79 Å². The van der Waals surface area contributed by atoms with Crippen LogP contribution >= 0.6 is 0 Å². The zero-order valence-electron chi connectivity index (χ0n) is 12.6. The molecule has 5 heteroatoms. The molecule has 0 aliphatic carbocycles. The van der Waals surface area contributed by atoms with Crippen LogP contribution in [0.15, 0.2) is 0 Å². The zero-order valence-corrected chi connectivity index (χ0v) is 12.6. The number of rotatable bonds is 8. The molecule has 1 saturated heterocycles. The van der Waals surface area contributed by atoms with Crippen molar-refractivity contribution in [2.75, 3.05) is 40.4 Å². The van der Waals surface area contributed by atoms with Crippen LogP contribution in [0.2, 0.25) is 0 Å². The highest BCUT2D eigenvalue weighted by Gasteiger charge is 2.19. The van der Waals surface area contributed by atoms with Gasteiger partial charge in [-0.15, -0.1) is 0 Å². The molecule has 1 fully saturated rings. The molecule has 0 spiro atoms. The minimum absolute atomic E-state index is 0.0500. The van der Waals surface area contributed by atoms with Gasteiger partial charge in [-0.25, -0.2) is 0 Å². The van der Waals surface area contributed by atoms with Gasteiger partial charge < -0.3 is 20.3 Å². The summed E-state index contributed by atoms with van der Waals surface area (Å²) in [7, 11) is 3.83. The molecule has 2 N–H and O–H groups in total. The Morgan fingerprint density at radius 3 is 2.89 bits per heavy atom. The van der Waals surface area contributed by atoms with Crippen molar-refractivity contribution in [3.63, 3.8) is 0 Å². The summed E-state index contributed by atoms with van der Waals surface area (Å²) in [5.41, 5.74) is 0. The average molecular weight is 271 g/mol. The molecular weight excluding hydrogens is 242 g/mol. The molecular formula is C14H29N3O2. The number of carbonyl (C=O) groups is 1. The van der Waals surface area contributed by atoms with Crippen LogP contribution in [-0.2, 0) is 9.53 Å². The van der Waals surface area contributed by atoms with Gasteiger partial charge in [0.25, 0.3) is 0 Å². The lowest BCUT2D eigenvalue weighted by molar-refractivity contribution is -0.122. The van der Waals surface area contributed by atoms with E-state index in [1.54, 1.807) is 7.11 Å². The molecule has 1 aliphatic heterocycles. The highest BCUT2D eigenvalue weighted by molar-refractivity contribution is 5.81. The lowest BCUT2D eigenvalue weighted by Crippen LogP contribution is -2.45. The Kier molecular flexibility index (Phi) is 8.02. The van der Waals surface area contributed by atoms with Crippen molar-refractivity contribution in [2.45, 2.75) is 44.7 Å². The van der Waals surface area contributed by atoms with Crippen molar-refractivity contribution in [3.05, 3.63) is 0 Å². The number of piperidine rings is 1. The molecule has 5 nitrogen and oxygen atoms in total. The number of nitrogens with zero attached hydrogens (tertiary/aromatic N) is 1. The van der Waals surface area contributed by atoms with Crippen molar-refractivity contribution in [1.29, 1.82) is 0 Å². The monoisotopic (exact) mass is 271 g/mol. The molecule has 1 amide bonds. The number of hydrogen-bond donors (Lipinski definition) is 2. The topological polar surface area (TPSA) is 53.6 Å². The van der Waals surface area contributed by atoms with Crippen molar-refractivity contribution in [2.24, 2.45) is 0 Å². The summed E-state index contributed by atoms with van der Waals surface area (Å²) in [6, 6.07) is 0.538. The molecule has 19 heavy (non-hydrogen) atoms. The second-order valence-electron chi connectivity index (χ2n) is 5.38. The van der Waals surface area contributed by atoms with Crippen molar-refractivity contribution >= 4 is 5.91 Å². The summed E-state index contributed by atoms with van der Waals surface area (Å²) in [6.07, 6.45) is 5.06. The number of methoxy groups -OCH3 is 1. The lowest BCUT2D eigenvalue weighted by Gasteiger charge is -2.32.